The lowest BCUT2D eigenvalue weighted by atomic mass is 10.1. The summed E-state index contributed by atoms with van der Waals surface area (Å²) in [6.45, 7) is 5.39. The van der Waals surface area contributed by atoms with Crippen molar-refractivity contribution in [3.63, 3.8) is 0 Å². The normalized spacial score (nSPS) is 12.4. The van der Waals surface area contributed by atoms with Gasteiger partial charge in [0.1, 0.15) is 0 Å². The fourth-order valence-electron chi connectivity index (χ4n) is 1.45. The molecule has 0 aliphatic rings. The second-order valence-corrected chi connectivity index (χ2v) is 4.87. The lowest BCUT2D eigenvalue weighted by Crippen LogP contribution is -2.36. The summed E-state index contributed by atoms with van der Waals surface area (Å²) in [7, 11) is 1.69. The van der Waals surface area contributed by atoms with Crippen molar-refractivity contribution in [2.45, 2.75) is 32.9 Å². The standard InChI is InChI=1S/C14H21FN2O2/c1-9(2)17(4)14(18)8-19-13-6-5-11(10(3)16)7-12(13)15/h5-7,9-10H,8,16H2,1-4H3/t10-/m1/s1. The maximum Gasteiger partial charge on any atom is 0.260 e. The number of hydrogen-bond acceptors (Lipinski definition) is 3. The van der Waals surface area contributed by atoms with Crippen LogP contribution in [0.15, 0.2) is 18.2 Å². The molecule has 0 bridgehead atoms. The maximum atomic E-state index is 13.7. The largest absolute Gasteiger partial charge is 0.481 e. The molecule has 1 aromatic carbocycles. The zero-order chi connectivity index (χ0) is 14.6. The zero-order valence-corrected chi connectivity index (χ0v) is 11.8. The first-order valence-corrected chi connectivity index (χ1v) is 6.26. The quantitative estimate of drug-likeness (QED) is 0.889. The van der Waals surface area contributed by atoms with Gasteiger partial charge in [-0.15, -0.1) is 0 Å². The van der Waals surface area contributed by atoms with E-state index in [-0.39, 0.29) is 30.3 Å². The third kappa shape index (κ3) is 4.21. The van der Waals surface area contributed by atoms with Gasteiger partial charge in [-0.25, -0.2) is 4.39 Å². The summed E-state index contributed by atoms with van der Waals surface area (Å²) in [5.41, 5.74) is 6.35. The van der Waals surface area contributed by atoms with E-state index in [0.717, 1.165) is 0 Å². The number of rotatable bonds is 5. The lowest BCUT2D eigenvalue weighted by Gasteiger charge is -2.21. The molecule has 0 fully saturated rings. The lowest BCUT2D eigenvalue weighted by molar-refractivity contribution is -0.133. The first-order chi connectivity index (χ1) is 8.82. The number of nitrogens with two attached hydrogens (primary N) is 1. The van der Waals surface area contributed by atoms with E-state index < -0.39 is 5.82 Å². The van der Waals surface area contributed by atoms with Crippen molar-refractivity contribution in [2.24, 2.45) is 5.73 Å². The highest BCUT2D eigenvalue weighted by atomic mass is 19.1. The van der Waals surface area contributed by atoms with Crippen molar-refractivity contribution in [1.82, 2.24) is 4.90 Å². The molecule has 0 radical (unpaired) electrons. The van der Waals surface area contributed by atoms with Gasteiger partial charge in [-0.05, 0) is 38.5 Å². The Hall–Kier alpha value is -1.62. The molecule has 1 amide bonds. The molecular formula is C14H21FN2O2. The Labute approximate surface area is 113 Å². The average molecular weight is 268 g/mol. The molecule has 5 heteroatoms. The van der Waals surface area contributed by atoms with E-state index in [1.165, 1.54) is 12.1 Å². The van der Waals surface area contributed by atoms with Crippen LogP contribution in [0.1, 0.15) is 32.4 Å². The van der Waals surface area contributed by atoms with Crippen LogP contribution in [0.2, 0.25) is 0 Å². The van der Waals surface area contributed by atoms with Crippen LogP contribution in [-0.2, 0) is 4.79 Å². The van der Waals surface area contributed by atoms with Gasteiger partial charge in [0.25, 0.3) is 5.91 Å². The molecular weight excluding hydrogens is 247 g/mol. The molecule has 0 aliphatic carbocycles. The number of benzene rings is 1. The third-order valence-electron chi connectivity index (χ3n) is 3.00. The van der Waals surface area contributed by atoms with Crippen LogP contribution >= 0.6 is 0 Å². The van der Waals surface area contributed by atoms with Crippen molar-refractivity contribution in [3.8, 4) is 5.75 Å². The number of ether oxygens (including phenoxy) is 1. The minimum absolute atomic E-state index is 0.0647. The number of carbonyl (C=O) groups excluding carboxylic acids is 1. The van der Waals surface area contributed by atoms with E-state index in [0.29, 0.717) is 5.56 Å². The smallest absolute Gasteiger partial charge is 0.260 e. The highest BCUT2D eigenvalue weighted by Gasteiger charge is 2.14. The Kier molecular flexibility index (Phi) is 5.30. The van der Waals surface area contributed by atoms with Crippen LogP contribution in [0, 0.1) is 5.82 Å². The van der Waals surface area contributed by atoms with E-state index in [1.54, 1.807) is 24.9 Å². The van der Waals surface area contributed by atoms with Gasteiger partial charge < -0.3 is 15.4 Å². The molecule has 0 aromatic heterocycles. The molecule has 1 rings (SSSR count). The average Bonchev–Trinajstić information content (AvgIpc) is 2.35. The second-order valence-electron chi connectivity index (χ2n) is 4.87. The second kappa shape index (κ2) is 6.52. The van der Waals surface area contributed by atoms with Crippen LogP contribution in [0.25, 0.3) is 0 Å². The van der Waals surface area contributed by atoms with E-state index in [2.05, 4.69) is 0 Å². The molecule has 19 heavy (non-hydrogen) atoms. The van der Waals surface area contributed by atoms with Gasteiger partial charge in [-0.1, -0.05) is 6.07 Å². The van der Waals surface area contributed by atoms with E-state index in [1.807, 2.05) is 13.8 Å². The first kappa shape index (κ1) is 15.4. The molecule has 0 saturated carbocycles. The van der Waals surface area contributed by atoms with Gasteiger partial charge in [-0.2, -0.15) is 0 Å². The van der Waals surface area contributed by atoms with Gasteiger partial charge in [0, 0.05) is 19.1 Å². The summed E-state index contributed by atoms with van der Waals surface area (Å²) in [5, 5.41) is 0. The monoisotopic (exact) mass is 268 g/mol. The van der Waals surface area contributed by atoms with Crippen LogP contribution < -0.4 is 10.5 Å². The molecule has 0 saturated heterocycles. The fraction of sp³-hybridized carbons (Fsp3) is 0.500. The highest BCUT2D eigenvalue weighted by Crippen LogP contribution is 2.21. The Morgan fingerprint density at radius 1 is 1.42 bits per heavy atom. The van der Waals surface area contributed by atoms with Gasteiger partial charge in [0.15, 0.2) is 18.2 Å². The van der Waals surface area contributed by atoms with Gasteiger partial charge in [-0.3, -0.25) is 4.79 Å². The highest BCUT2D eigenvalue weighted by molar-refractivity contribution is 5.77. The Balaban J connectivity index is 2.66. The van der Waals surface area contributed by atoms with Crippen LogP contribution in [0.3, 0.4) is 0 Å². The molecule has 1 aromatic rings. The van der Waals surface area contributed by atoms with Crippen molar-refractivity contribution in [2.75, 3.05) is 13.7 Å². The predicted molar refractivity (Wildman–Crippen MR) is 72.4 cm³/mol. The van der Waals surface area contributed by atoms with Gasteiger partial charge in [0.2, 0.25) is 0 Å². The molecule has 4 nitrogen and oxygen atoms in total. The zero-order valence-electron chi connectivity index (χ0n) is 11.8. The summed E-state index contributed by atoms with van der Waals surface area (Å²) in [4.78, 5) is 13.3. The Morgan fingerprint density at radius 3 is 2.53 bits per heavy atom. The predicted octanol–water partition coefficient (Wildman–Crippen LogP) is 2.09. The Morgan fingerprint density at radius 2 is 2.05 bits per heavy atom. The maximum absolute atomic E-state index is 13.7. The molecule has 2 N–H and O–H groups in total. The van der Waals surface area contributed by atoms with Gasteiger partial charge in [0.05, 0.1) is 0 Å². The van der Waals surface area contributed by atoms with Crippen molar-refractivity contribution in [3.05, 3.63) is 29.6 Å². The van der Waals surface area contributed by atoms with Crippen molar-refractivity contribution < 1.29 is 13.9 Å². The summed E-state index contributed by atoms with van der Waals surface area (Å²) in [5.74, 6) is -0.629. The molecule has 0 aliphatic heterocycles. The first-order valence-electron chi connectivity index (χ1n) is 6.26. The van der Waals surface area contributed by atoms with E-state index in [9.17, 15) is 9.18 Å². The van der Waals surface area contributed by atoms with Gasteiger partial charge >= 0.3 is 0 Å². The number of halogens is 1. The summed E-state index contributed by atoms with van der Waals surface area (Å²) in [6, 6.07) is 4.37. The van der Waals surface area contributed by atoms with Crippen molar-refractivity contribution in [1.29, 1.82) is 0 Å². The Bertz CT molecular complexity index is 447. The van der Waals surface area contributed by atoms with Crippen LogP contribution in [0.5, 0.6) is 5.75 Å². The summed E-state index contributed by atoms with van der Waals surface area (Å²) >= 11 is 0. The molecule has 0 unspecified atom stereocenters. The minimum Gasteiger partial charge on any atom is -0.481 e. The van der Waals surface area contributed by atoms with E-state index >= 15 is 0 Å². The van der Waals surface area contributed by atoms with Crippen LogP contribution in [-0.4, -0.2) is 30.5 Å². The SMILES string of the molecule is CC(C)N(C)C(=O)COc1ccc([C@@H](C)N)cc1F. The topological polar surface area (TPSA) is 55.6 Å². The number of hydrogen-bond donors (Lipinski definition) is 1. The van der Waals surface area contributed by atoms with E-state index in [4.69, 9.17) is 10.5 Å². The van der Waals surface area contributed by atoms with Crippen LogP contribution in [0.4, 0.5) is 4.39 Å². The molecule has 0 heterocycles. The summed E-state index contributed by atoms with van der Waals surface area (Å²) in [6.07, 6.45) is 0. The fourth-order valence-corrected chi connectivity index (χ4v) is 1.45. The molecule has 0 spiro atoms. The number of likely N-dealkylation sites (N-methyl/N-ethyl adjacent to an activating group) is 1. The van der Waals surface area contributed by atoms with Crippen molar-refractivity contribution >= 4 is 5.91 Å². The molecule has 106 valence electrons. The molecule has 1 atom stereocenters. The number of nitrogens with zero attached hydrogens (tertiary/aromatic N) is 1. The minimum atomic E-state index is -0.505. The number of amides is 1. The third-order valence-corrected chi connectivity index (χ3v) is 3.00. The number of carbonyl (C=O) groups is 1. The summed E-state index contributed by atoms with van der Waals surface area (Å²) < 4.78 is 18.9.